The van der Waals surface area contributed by atoms with Crippen molar-refractivity contribution < 1.29 is 13.7 Å². The standard InChI is InChI=1S/C6H5ClO3S2/c1-10-6(8)5-4(12(7)9)2-3-11-5/h2-3H,1H3. The number of rotatable bonds is 2. The van der Waals surface area contributed by atoms with E-state index in [1.165, 1.54) is 7.11 Å². The van der Waals surface area contributed by atoms with Gasteiger partial charge in [-0.05, 0) is 22.1 Å². The Hall–Kier alpha value is -0.390. The first-order chi connectivity index (χ1) is 5.66. The number of hydrogen-bond donors (Lipinski definition) is 0. The average molecular weight is 225 g/mol. The van der Waals surface area contributed by atoms with Gasteiger partial charge in [0.2, 0.25) is 0 Å². The van der Waals surface area contributed by atoms with E-state index in [1.807, 2.05) is 0 Å². The van der Waals surface area contributed by atoms with Crippen LogP contribution >= 0.6 is 22.0 Å². The van der Waals surface area contributed by atoms with E-state index in [2.05, 4.69) is 4.74 Å². The molecule has 0 bridgehead atoms. The predicted octanol–water partition coefficient (Wildman–Crippen LogP) is 1.80. The zero-order valence-corrected chi connectivity index (χ0v) is 8.46. The van der Waals surface area contributed by atoms with E-state index in [4.69, 9.17) is 10.7 Å². The van der Waals surface area contributed by atoms with Crippen LogP contribution in [0.25, 0.3) is 0 Å². The number of esters is 1. The van der Waals surface area contributed by atoms with Crippen LogP contribution in [0.4, 0.5) is 0 Å². The zero-order valence-electron chi connectivity index (χ0n) is 6.07. The minimum Gasteiger partial charge on any atom is -0.465 e. The van der Waals surface area contributed by atoms with Crippen LogP contribution in [0, 0.1) is 0 Å². The Morgan fingerprint density at radius 3 is 2.92 bits per heavy atom. The third kappa shape index (κ3) is 1.85. The van der Waals surface area contributed by atoms with Gasteiger partial charge < -0.3 is 4.74 Å². The van der Waals surface area contributed by atoms with Crippen molar-refractivity contribution in [2.75, 3.05) is 7.11 Å². The molecule has 1 aromatic rings. The number of methoxy groups -OCH3 is 1. The fraction of sp³-hybridized carbons (Fsp3) is 0.167. The molecule has 0 radical (unpaired) electrons. The Bertz CT molecular complexity index is 320. The molecule has 0 saturated heterocycles. The lowest BCUT2D eigenvalue weighted by molar-refractivity contribution is 0.0602. The maximum Gasteiger partial charge on any atom is 0.349 e. The van der Waals surface area contributed by atoms with E-state index in [0.29, 0.717) is 9.77 Å². The molecule has 12 heavy (non-hydrogen) atoms. The smallest absolute Gasteiger partial charge is 0.349 e. The molecule has 6 heteroatoms. The Kier molecular flexibility index (Phi) is 3.25. The fourth-order valence-corrected chi connectivity index (χ4v) is 2.75. The summed E-state index contributed by atoms with van der Waals surface area (Å²) in [6, 6.07) is 1.54. The van der Waals surface area contributed by atoms with Gasteiger partial charge in [0.1, 0.15) is 14.9 Å². The van der Waals surface area contributed by atoms with Gasteiger partial charge in [-0.2, -0.15) is 0 Å². The van der Waals surface area contributed by atoms with Crippen molar-refractivity contribution in [3.05, 3.63) is 16.3 Å². The van der Waals surface area contributed by atoms with Crippen molar-refractivity contribution in [1.82, 2.24) is 0 Å². The van der Waals surface area contributed by atoms with E-state index in [-0.39, 0.29) is 0 Å². The molecule has 0 fully saturated rings. The Balaban J connectivity index is 3.07. The maximum absolute atomic E-state index is 11.0. The summed E-state index contributed by atoms with van der Waals surface area (Å²) in [5.74, 6) is -0.506. The normalized spacial score (nSPS) is 12.5. The summed E-state index contributed by atoms with van der Waals surface area (Å²) in [6.45, 7) is 0. The second kappa shape index (κ2) is 4.02. The number of thiophene rings is 1. The lowest BCUT2D eigenvalue weighted by Crippen LogP contribution is -2.00. The largest absolute Gasteiger partial charge is 0.465 e. The van der Waals surface area contributed by atoms with Crippen LogP contribution in [0.2, 0.25) is 0 Å². The summed E-state index contributed by atoms with van der Waals surface area (Å²) in [4.78, 5) is 11.6. The van der Waals surface area contributed by atoms with Gasteiger partial charge in [0.15, 0.2) is 0 Å². The average Bonchev–Trinajstić information content (AvgIpc) is 2.50. The lowest BCUT2D eigenvalue weighted by Gasteiger charge is -1.95. The number of carbonyl (C=O) groups is 1. The molecule has 0 aromatic carbocycles. The summed E-state index contributed by atoms with van der Waals surface area (Å²) in [5.41, 5.74) is 0. The molecular weight excluding hydrogens is 220 g/mol. The van der Waals surface area contributed by atoms with Crippen LogP contribution in [0.1, 0.15) is 9.67 Å². The van der Waals surface area contributed by atoms with Gasteiger partial charge in [-0.15, -0.1) is 11.3 Å². The lowest BCUT2D eigenvalue weighted by atomic mass is 10.5. The number of carbonyl (C=O) groups excluding carboxylic acids is 1. The molecule has 1 aromatic heterocycles. The fourth-order valence-electron chi connectivity index (χ4n) is 0.665. The van der Waals surface area contributed by atoms with Crippen molar-refractivity contribution in [3.63, 3.8) is 0 Å². The Morgan fingerprint density at radius 1 is 1.75 bits per heavy atom. The van der Waals surface area contributed by atoms with Crippen molar-refractivity contribution in [3.8, 4) is 0 Å². The molecule has 0 amide bonds. The highest BCUT2D eigenvalue weighted by Crippen LogP contribution is 2.22. The highest BCUT2D eigenvalue weighted by atomic mass is 35.7. The molecule has 0 aliphatic carbocycles. The molecule has 1 heterocycles. The molecule has 1 atom stereocenters. The third-order valence-corrected chi connectivity index (χ3v) is 3.38. The number of ether oxygens (including phenoxy) is 1. The minimum atomic E-state index is -1.65. The molecule has 3 nitrogen and oxygen atoms in total. The monoisotopic (exact) mass is 224 g/mol. The molecule has 0 saturated carbocycles. The molecule has 0 N–H and O–H groups in total. The van der Waals surface area contributed by atoms with Crippen LogP contribution in [0.3, 0.4) is 0 Å². The molecule has 1 unspecified atom stereocenters. The maximum atomic E-state index is 11.0. The number of hydrogen-bond acceptors (Lipinski definition) is 4. The van der Waals surface area contributed by atoms with Crippen molar-refractivity contribution in [1.29, 1.82) is 0 Å². The Labute approximate surface area is 80.3 Å². The van der Waals surface area contributed by atoms with Gasteiger partial charge >= 0.3 is 5.97 Å². The van der Waals surface area contributed by atoms with Crippen LogP contribution in [0.5, 0.6) is 0 Å². The first-order valence-corrected chi connectivity index (χ1v) is 5.76. The second-order valence-electron chi connectivity index (χ2n) is 1.83. The van der Waals surface area contributed by atoms with Gasteiger partial charge in [0.25, 0.3) is 0 Å². The van der Waals surface area contributed by atoms with Gasteiger partial charge in [-0.3, -0.25) is 0 Å². The van der Waals surface area contributed by atoms with Crippen LogP contribution < -0.4 is 0 Å². The first kappa shape index (κ1) is 9.70. The summed E-state index contributed by atoms with van der Waals surface area (Å²) in [7, 11) is 4.94. The first-order valence-electron chi connectivity index (χ1n) is 2.90. The summed E-state index contributed by atoms with van der Waals surface area (Å²) >= 11 is 1.16. The van der Waals surface area contributed by atoms with Crippen molar-refractivity contribution in [2.24, 2.45) is 0 Å². The van der Waals surface area contributed by atoms with Crippen LogP contribution in [0.15, 0.2) is 16.3 Å². The molecule has 0 aliphatic heterocycles. The van der Waals surface area contributed by atoms with E-state index in [0.717, 1.165) is 11.3 Å². The summed E-state index contributed by atoms with van der Waals surface area (Å²) in [6.07, 6.45) is 0. The highest BCUT2D eigenvalue weighted by Gasteiger charge is 2.16. The highest BCUT2D eigenvalue weighted by molar-refractivity contribution is 8.08. The molecular formula is C6H5ClO3S2. The van der Waals surface area contributed by atoms with E-state index < -0.39 is 16.0 Å². The minimum absolute atomic E-state index is 0.297. The Morgan fingerprint density at radius 2 is 2.42 bits per heavy atom. The summed E-state index contributed by atoms with van der Waals surface area (Å²) < 4.78 is 15.3. The molecule has 0 spiro atoms. The molecule has 1 rings (SSSR count). The van der Waals surface area contributed by atoms with Gasteiger partial charge in [0, 0.05) is 0 Å². The van der Waals surface area contributed by atoms with Crippen molar-refractivity contribution >= 4 is 38.0 Å². The van der Waals surface area contributed by atoms with Crippen molar-refractivity contribution in [2.45, 2.75) is 4.90 Å². The van der Waals surface area contributed by atoms with E-state index >= 15 is 0 Å². The van der Waals surface area contributed by atoms with Crippen LogP contribution in [-0.4, -0.2) is 17.3 Å². The zero-order chi connectivity index (χ0) is 9.14. The van der Waals surface area contributed by atoms with Gasteiger partial charge in [-0.25, -0.2) is 9.00 Å². The van der Waals surface area contributed by atoms with Gasteiger partial charge in [0.05, 0.1) is 12.0 Å². The van der Waals surface area contributed by atoms with E-state index in [9.17, 15) is 9.00 Å². The quantitative estimate of drug-likeness (QED) is 0.568. The van der Waals surface area contributed by atoms with Crippen LogP contribution in [-0.2, 0) is 14.7 Å². The summed E-state index contributed by atoms with van der Waals surface area (Å²) in [5, 5.41) is 1.64. The SMILES string of the molecule is COC(=O)c1sccc1S(=O)Cl. The number of halogens is 1. The van der Waals surface area contributed by atoms with E-state index in [1.54, 1.807) is 11.4 Å². The predicted molar refractivity (Wildman–Crippen MR) is 47.9 cm³/mol. The third-order valence-electron chi connectivity index (χ3n) is 1.17. The van der Waals surface area contributed by atoms with Gasteiger partial charge in [-0.1, -0.05) is 0 Å². The molecule has 0 aliphatic rings. The second-order valence-corrected chi connectivity index (χ2v) is 4.47. The topological polar surface area (TPSA) is 43.4 Å². The molecule has 66 valence electrons.